The van der Waals surface area contributed by atoms with Crippen LogP contribution in [-0.2, 0) is 4.79 Å². The molecule has 124 valence electrons. The minimum absolute atomic E-state index is 0.202. The average Bonchev–Trinajstić information content (AvgIpc) is 2.54. The van der Waals surface area contributed by atoms with Crippen LogP contribution in [0.2, 0.25) is 0 Å². The van der Waals surface area contributed by atoms with E-state index in [0.29, 0.717) is 17.0 Å². The first kappa shape index (κ1) is 17.7. The molecule has 0 aliphatic rings. The van der Waals surface area contributed by atoms with E-state index in [2.05, 4.69) is 31.8 Å². The molecule has 24 heavy (non-hydrogen) atoms. The topological polar surface area (TPSA) is 79.8 Å². The fourth-order valence-corrected chi connectivity index (χ4v) is 2.35. The van der Waals surface area contributed by atoms with Gasteiger partial charge in [0.15, 0.2) is 0 Å². The second-order valence-electron chi connectivity index (χ2n) is 4.85. The quantitative estimate of drug-likeness (QED) is 0.608. The number of nitrogens with zero attached hydrogens (tertiary/aromatic N) is 1. The number of amides is 2. The third-order valence-electron chi connectivity index (χ3n) is 3.01. The van der Waals surface area contributed by atoms with Gasteiger partial charge in [-0.3, -0.25) is 9.59 Å². The lowest BCUT2D eigenvalue weighted by molar-refractivity contribution is -0.114. The van der Waals surface area contributed by atoms with Gasteiger partial charge in [-0.25, -0.2) is 5.43 Å². The zero-order valence-corrected chi connectivity index (χ0v) is 14.8. The average molecular weight is 390 g/mol. The number of nitrogens with one attached hydrogen (secondary N) is 2. The Balaban J connectivity index is 2.08. The first-order valence-corrected chi connectivity index (χ1v) is 7.83. The summed E-state index contributed by atoms with van der Waals surface area (Å²) in [6, 6.07) is 12.1. The first-order chi connectivity index (χ1) is 11.5. The Kier molecular flexibility index (Phi) is 6.08. The monoisotopic (exact) mass is 389 g/mol. The number of hydrogen-bond donors (Lipinski definition) is 2. The molecule has 0 aromatic heterocycles. The Morgan fingerprint density at radius 2 is 2.00 bits per heavy atom. The summed E-state index contributed by atoms with van der Waals surface area (Å²) in [5.74, 6) is 0.0589. The van der Waals surface area contributed by atoms with Crippen LogP contribution < -0.4 is 15.5 Å². The Morgan fingerprint density at radius 1 is 1.21 bits per heavy atom. The molecular weight excluding hydrogens is 374 g/mol. The van der Waals surface area contributed by atoms with E-state index in [4.69, 9.17) is 4.74 Å². The number of methoxy groups -OCH3 is 1. The predicted molar refractivity (Wildman–Crippen MR) is 96.5 cm³/mol. The summed E-state index contributed by atoms with van der Waals surface area (Å²) in [6.07, 6.45) is 1.50. The van der Waals surface area contributed by atoms with Gasteiger partial charge in [0.2, 0.25) is 5.91 Å². The van der Waals surface area contributed by atoms with E-state index in [1.54, 1.807) is 37.4 Å². The van der Waals surface area contributed by atoms with Crippen molar-refractivity contribution in [3.05, 3.63) is 58.1 Å². The van der Waals surface area contributed by atoms with Crippen molar-refractivity contribution in [2.24, 2.45) is 5.10 Å². The largest absolute Gasteiger partial charge is 0.496 e. The van der Waals surface area contributed by atoms with Gasteiger partial charge < -0.3 is 10.1 Å². The van der Waals surface area contributed by atoms with Crippen LogP contribution in [0.4, 0.5) is 5.69 Å². The molecule has 2 rings (SSSR count). The Morgan fingerprint density at radius 3 is 2.71 bits per heavy atom. The van der Waals surface area contributed by atoms with Gasteiger partial charge in [-0.1, -0.05) is 22.0 Å². The van der Waals surface area contributed by atoms with Crippen molar-refractivity contribution >= 4 is 39.6 Å². The van der Waals surface area contributed by atoms with Crippen LogP contribution in [0.15, 0.2) is 52.0 Å². The van der Waals surface area contributed by atoms with Crippen LogP contribution in [0.5, 0.6) is 5.75 Å². The van der Waals surface area contributed by atoms with Crippen LogP contribution >= 0.6 is 15.9 Å². The standard InChI is InChI=1S/C17H16BrN3O3/c1-11(22)20-15-5-3-4-12(9-15)17(23)21-19-10-13-8-14(18)6-7-16(13)24-2/h3-10H,1-2H3,(H,20,22)(H,21,23). The summed E-state index contributed by atoms with van der Waals surface area (Å²) in [5.41, 5.74) is 4.10. The van der Waals surface area contributed by atoms with E-state index in [0.717, 1.165) is 10.0 Å². The van der Waals surface area contributed by atoms with Crippen LogP contribution in [-0.4, -0.2) is 25.1 Å². The number of rotatable bonds is 5. The van der Waals surface area contributed by atoms with Gasteiger partial charge in [-0.2, -0.15) is 5.10 Å². The SMILES string of the molecule is COc1ccc(Br)cc1C=NNC(=O)c1cccc(NC(C)=O)c1. The maximum absolute atomic E-state index is 12.1. The number of hydrogen-bond acceptors (Lipinski definition) is 4. The smallest absolute Gasteiger partial charge is 0.271 e. The molecule has 2 aromatic carbocycles. The molecule has 0 radical (unpaired) electrons. The van der Waals surface area contributed by atoms with Gasteiger partial charge in [-0.15, -0.1) is 0 Å². The van der Waals surface area contributed by atoms with E-state index in [1.165, 1.54) is 13.1 Å². The second-order valence-corrected chi connectivity index (χ2v) is 5.76. The molecule has 0 aliphatic heterocycles. The highest BCUT2D eigenvalue weighted by molar-refractivity contribution is 9.10. The summed E-state index contributed by atoms with van der Waals surface area (Å²) in [4.78, 5) is 23.2. The van der Waals surface area contributed by atoms with E-state index in [-0.39, 0.29) is 11.8 Å². The lowest BCUT2D eigenvalue weighted by Crippen LogP contribution is -2.18. The van der Waals surface area contributed by atoms with Gasteiger partial charge in [0.05, 0.1) is 13.3 Å². The number of carbonyl (C=O) groups excluding carboxylic acids is 2. The highest BCUT2D eigenvalue weighted by atomic mass is 79.9. The van der Waals surface area contributed by atoms with Crippen molar-refractivity contribution < 1.29 is 14.3 Å². The van der Waals surface area contributed by atoms with Crippen molar-refractivity contribution in [3.8, 4) is 5.75 Å². The minimum Gasteiger partial charge on any atom is -0.496 e. The summed E-state index contributed by atoms with van der Waals surface area (Å²) < 4.78 is 6.10. The maximum Gasteiger partial charge on any atom is 0.271 e. The highest BCUT2D eigenvalue weighted by Gasteiger charge is 2.06. The molecule has 6 nitrogen and oxygen atoms in total. The lowest BCUT2D eigenvalue weighted by atomic mass is 10.2. The summed E-state index contributed by atoms with van der Waals surface area (Å²) >= 11 is 3.37. The van der Waals surface area contributed by atoms with Crippen LogP contribution in [0.1, 0.15) is 22.8 Å². The maximum atomic E-state index is 12.1. The second kappa shape index (κ2) is 8.26. The van der Waals surface area contributed by atoms with E-state index >= 15 is 0 Å². The fourth-order valence-electron chi connectivity index (χ4n) is 1.97. The number of benzene rings is 2. The number of carbonyl (C=O) groups is 2. The molecule has 2 amide bonds. The zero-order chi connectivity index (χ0) is 17.5. The minimum atomic E-state index is -0.382. The van der Waals surface area contributed by atoms with Crippen molar-refractivity contribution in [2.45, 2.75) is 6.92 Å². The summed E-state index contributed by atoms with van der Waals surface area (Å²) in [7, 11) is 1.56. The van der Waals surface area contributed by atoms with Crippen molar-refractivity contribution in [3.63, 3.8) is 0 Å². The van der Waals surface area contributed by atoms with Gasteiger partial charge >= 0.3 is 0 Å². The normalized spacial score (nSPS) is 10.5. The zero-order valence-electron chi connectivity index (χ0n) is 13.2. The first-order valence-electron chi connectivity index (χ1n) is 7.04. The van der Waals surface area contributed by atoms with Crippen molar-refractivity contribution in [2.75, 3.05) is 12.4 Å². The molecule has 0 aliphatic carbocycles. The van der Waals surface area contributed by atoms with Crippen LogP contribution in [0, 0.1) is 0 Å². The molecule has 0 saturated heterocycles. The molecule has 2 aromatic rings. The molecule has 0 saturated carbocycles. The number of anilines is 1. The van der Waals surface area contributed by atoms with Gasteiger partial charge in [0.1, 0.15) is 5.75 Å². The van der Waals surface area contributed by atoms with Crippen molar-refractivity contribution in [1.29, 1.82) is 0 Å². The molecule has 0 unspecified atom stereocenters. The molecule has 0 bridgehead atoms. The molecule has 0 heterocycles. The van der Waals surface area contributed by atoms with Crippen molar-refractivity contribution in [1.82, 2.24) is 5.43 Å². The molecule has 0 spiro atoms. The van der Waals surface area contributed by atoms with Gasteiger partial charge in [-0.05, 0) is 36.4 Å². The molecule has 7 heteroatoms. The summed E-state index contributed by atoms with van der Waals surface area (Å²) in [5, 5.41) is 6.57. The Bertz CT molecular complexity index is 790. The number of hydrazone groups is 1. The fraction of sp³-hybridized carbons (Fsp3) is 0.118. The lowest BCUT2D eigenvalue weighted by Gasteiger charge is -2.06. The van der Waals surface area contributed by atoms with E-state index < -0.39 is 0 Å². The van der Waals surface area contributed by atoms with E-state index in [9.17, 15) is 9.59 Å². The molecule has 2 N–H and O–H groups in total. The third kappa shape index (κ3) is 4.92. The van der Waals surface area contributed by atoms with Gasteiger partial charge in [0.25, 0.3) is 5.91 Å². The summed E-state index contributed by atoms with van der Waals surface area (Å²) in [6.45, 7) is 1.41. The van der Waals surface area contributed by atoms with Gasteiger partial charge in [0, 0.05) is 28.2 Å². The highest BCUT2D eigenvalue weighted by Crippen LogP contribution is 2.21. The number of halogens is 1. The molecular formula is C17H16BrN3O3. The van der Waals surface area contributed by atoms with E-state index in [1.807, 2.05) is 12.1 Å². The van der Waals surface area contributed by atoms with Crippen LogP contribution in [0.3, 0.4) is 0 Å². The Hall–Kier alpha value is -2.67. The molecule has 0 fully saturated rings. The molecule has 0 atom stereocenters. The van der Waals surface area contributed by atoms with Crippen LogP contribution in [0.25, 0.3) is 0 Å². The third-order valence-corrected chi connectivity index (χ3v) is 3.50. The predicted octanol–water partition coefficient (Wildman–Crippen LogP) is 3.18. The Labute approximate surface area is 148 Å². The number of ether oxygens (including phenoxy) is 1.